The van der Waals surface area contributed by atoms with Gasteiger partial charge < -0.3 is 4.90 Å². The van der Waals surface area contributed by atoms with Gasteiger partial charge in [-0.3, -0.25) is 4.79 Å². The second-order valence-electron chi connectivity index (χ2n) is 3.75. The average molecular weight is 333 g/mol. The standard InChI is InChI=1S/C11H12INOS/c1-7-9(12)3-2-4-10(7)13-6-8(15)5-11(13)14/h2-4,8,15H,5-6H2,1H3. The minimum Gasteiger partial charge on any atom is -0.311 e. The summed E-state index contributed by atoms with van der Waals surface area (Å²) in [4.78, 5) is 13.6. The molecule has 1 heterocycles. The fourth-order valence-electron chi connectivity index (χ4n) is 1.81. The van der Waals surface area contributed by atoms with E-state index in [0.717, 1.165) is 12.2 Å². The molecule has 1 aliphatic heterocycles. The third-order valence-electron chi connectivity index (χ3n) is 2.63. The van der Waals surface area contributed by atoms with E-state index in [9.17, 15) is 4.79 Å². The summed E-state index contributed by atoms with van der Waals surface area (Å²) in [6, 6.07) is 6.04. The van der Waals surface area contributed by atoms with Crippen LogP contribution in [0.25, 0.3) is 0 Å². The van der Waals surface area contributed by atoms with Crippen molar-refractivity contribution in [2.75, 3.05) is 11.4 Å². The van der Waals surface area contributed by atoms with Crippen LogP contribution < -0.4 is 4.90 Å². The number of benzene rings is 1. The zero-order valence-corrected chi connectivity index (χ0v) is 11.5. The van der Waals surface area contributed by atoms with Gasteiger partial charge in [-0.15, -0.1) is 0 Å². The summed E-state index contributed by atoms with van der Waals surface area (Å²) >= 11 is 6.65. The molecule has 1 saturated heterocycles. The highest BCUT2D eigenvalue weighted by Crippen LogP contribution is 2.29. The van der Waals surface area contributed by atoms with Gasteiger partial charge in [0.1, 0.15) is 0 Å². The monoisotopic (exact) mass is 333 g/mol. The number of carbonyl (C=O) groups is 1. The summed E-state index contributed by atoms with van der Waals surface area (Å²) in [6.07, 6.45) is 0.550. The highest BCUT2D eigenvalue weighted by atomic mass is 127. The van der Waals surface area contributed by atoms with Gasteiger partial charge >= 0.3 is 0 Å². The fourth-order valence-corrected chi connectivity index (χ4v) is 2.61. The number of carbonyl (C=O) groups excluding carboxylic acids is 1. The Morgan fingerprint density at radius 2 is 2.27 bits per heavy atom. The smallest absolute Gasteiger partial charge is 0.228 e. The first-order chi connectivity index (χ1) is 7.09. The summed E-state index contributed by atoms with van der Waals surface area (Å²) in [5, 5.41) is 0.176. The minimum atomic E-state index is 0.176. The normalized spacial score (nSPS) is 21.1. The molecule has 15 heavy (non-hydrogen) atoms. The first kappa shape index (κ1) is 11.3. The molecule has 0 spiro atoms. The van der Waals surface area contributed by atoms with Crippen LogP contribution in [-0.2, 0) is 4.79 Å². The molecule has 0 aliphatic carbocycles. The molecule has 1 aromatic rings. The molecule has 0 saturated carbocycles. The number of hydrogen-bond acceptors (Lipinski definition) is 2. The Hall–Kier alpha value is -0.230. The van der Waals surface area contributed by atoms with Crippen molar-refractivity contribution in [3.05, 3.63) is 27.3 Å². The lowest BCUT2D eigenvalue weighted by Gasteiger charge is -2.19. The van der Waals surface area contributed by atoms with E-state index in [1.54, 1.807) is 0 Å². The largest absolute Gasteiger partial charge is 0.311 e. The van der Waals surface area contributed by atoms with Gasteiger partial charge in [0.25, 0.3) is 0 Å². The summed E-state index contributed by atoms with van der Waals surface area (Å²) in [5.41, 5.74) is 2.21. The molecule has 0 bridgehead atoms. The summed E-state index contributed by atoms with van der Waals surface area (Å²) in [7, 11) is 0. The molecular weight excluding hydrogens is 321 g/mol. The topological polar surface area (TPSA) is 20.3 Å². The van der Waals surface area contributed by atoms with Gasteiger partial charge in [0.15, 0.2) is 0 Å². The van der Waals surface area contributed by atoms with E-state index < -0.39 is 0 Å². The minimum absolute atomic E-state index is 0.176. The van der Waals surface area contributed by atoms with Crippen LogP contribution in [0, 0.1) is 10.5 Å². The zero-order valence-electron chi connectivity index (χ0n) is 8.40. The maximum atomic E-state index is 11.7. The van der Waals surface area contributed by atoms with Crippen molar-refractivity contribution in [1.82, 2.24) is 0 Å². The molecule has 0 aromatic heterocycles. The van der Waals surface area contributed by atoms with E-state index in [1.807, 2.05) is 17.0 Å². The molecule has 0 N–H and O–H groups in total. The van der Waals surface area contributed by atoms with E-state index in [1.165, 1.54) is 9.13 Å². The lowest BCUT2D eigenvalue weighted by atomic mass is 10.2. The number of amides is 1. The van der Waals surface area contributed by atoms with Crippen molar-refractivity contribution >= 4 is 46.8 Å². The second-order valence-corrected chi connectivity index (χ2v) is 5.64. The molecule has 2 nitrogen and oxygen atoms in total. The second kappa shape index (κ2) is 4.33. The Morgan fingerprint density at radius 1 is 1.53 bits per heavy atom. The molecular formula is C11H12INOS. The Morgan fingerprint density at radius 3 is 2.87 bits per heavy atom. The first-order valence-corrected chi connectivity index (χ1v) is 6.42. The first-order valence-electron chi connectivity index (χ1n) is 4.83. The van der Waals surface area contributed by atoms with Gasteiger partial charge in [-0.05, 0) is 47.2 Å². The quantitative estimate of drug-likeness (QED) is 0.619. The Balaban J connectivity index is 2.38. The Labute approximate surface area is 109 Å². The summed E-state index contributed by atoms with van der Waals surface area (Å²) in [5.74, 6) is 0.181. The number of halogens is 1. The van der Waals surface area contributed by atoms with Crippen LogP contribution in [0.4, 0.5) is 5.69 Å². The molecule has 4 heteroatoms. The van der Waals surface area contributed by atoms with E-state index in [-0.39, 0.29) is 11.2 Å². The number of thiol groups is 1. The molecule has 0 radical (unpaired) electrons. The van der Waals surface area contributed by atoms with E-state index >= 15 is 0 Å². The van der Waals surface area contributed by atoms with Crippen molar-refractivity contribution in [2.24, 2.45) is 0 Å². The van der Waals surface area contributed by atoms with Crippen LogP contribution >= 0.6 is 35.2 Å². The van der Waals surface area contributed by atoms with Crippen molar-refractivity contribution in [3.8, 4) is 0 Å². The van der Waals surface area contributed by atoms with Gasteiger partial charge in [-0.1, -0.05) is 6.07 Å². The van der Waals surface area contributed by atoms with Crippen molar-refractivity contribution < 1.29 is 4.79 Å². The number of nitrogens with zero attached hydrogens (tertiary/aromatic N) is 1. The molecule has 1 unspecified atom stereocenters. The average Bonchev–Trinajstić information content (AvgIpc) is 2.50. The Bertz CT molecular complexity index is 408. The molecule has 1 amide bonds. The highest BCUT2D eigenvalue weighted by molar-refractivity contribution is 14.1. The van der Waals surface area contributed by atoms with E-state index in [2.05, 4.69) is 48.2 Å². The number of anilines is 1. The van der Waals surface area contributed by atoms with Crippen LogP contribution in [0.15, 0.2) is 18.2 Å². The molecule has 80 valence electrons. The zero-order chi connectivity index (χ0) is 11.0. The van der Waals surface area contributed by atoms with Gasteiger partial charge in [0.2, 0.25) is 5.91 Å². The molecule has 1 atom stereocenters. The lowest BCUT2D eigenvalue weighted by Crippen LogP contribution is -2.25. The SMILES string of the molecule is Cc1c(I)cccc1N1CC(S)CC1=O. The van der Waals surface area contributed by atoms with Crippen molar-refractivity contribution in [1.29, 1.82) is 0 Å². The lowest BCUT2D eigenvalue weighted by molar-refractivity contribution is -0.117. The van der Waals surface area contributed by atoms with Gasteiger partial charge in [0, 0.05) is 27.5 Å². The fraction of sp³-hybridized carbons (Fsp3) is 0.364. The van der Waals surface area contributed by atoms with Crippen molar-refractivity contribution in [2.45, 2.75) is 18.6 Å². The molecule has 1 fully saturated rings. The molecule has 2 rings (SSSR count). The number of hydrogen-bond donors (Lipinski definition) is 1. The third-order valence-corrected chi connectivity index (χ3v) is 4.15. The van der Waals surface area contributed by atoms with Crippen LogP contribution in [0.2, 0.25) is 0 Å². The van der Waals surface area contributed by atoms with Crippen LogP contribution in [0.5, 0.6) is 0 Å². The third kappa shape index (κ3) is 2.15. The Kier molecular flexibility index (Phi) is 3.25. The predicted molar refractivity (Wildman–Crippen MR) is 73.6 cm³/mol. The summed E-state index contributed by atoms with van der Waals surface area (Å²) in [6.45, 7) is 2.78. The van der Waals surface area contributed by atoms with Crippen LogP contribution in [0.3, 0.4) is 0 Å². The van der Waals surface area contributed by atoms with Gasteiger partial charge in [-0.25, -0.2) is 0 Å². The van der Waals surface area contributed by atoms with Crippen LogP contribution in [-0.4, -0.2) is 17.7 Å². The maximum Gasteiger partial charge on any atom is 0.228 e. The van der Waals surface area contributed by atoms with E-state index in [4.69, 9.17) is 0 Å². The van der Waals surface area contributed by atoms with Gasteiger partial charge in [-0.2, -0.15) is 12.6 Å². The maximum absolute atomic E-state index is 11.7. The van der Waals surface area contributed by atoms with Crippen molar-refractivity contribution in [3.63, 3.8) is 0 Å². The molecule has 1 aromatic carbocycles. The predicted octanol–water partition coefficient (Wildman–Crippen LogP) is 2.63. The van der Waals surface area contributed by atoms with Gasteiger partial charge in [0.05, 0.1) is 0 Å². The van der Waals surface area contributed by atoms with Crippen LogP contribution in [0.1, 0.15) is 12.0 Å². The summed E-state index contributed by atoms with van der Waals surface area (Å²) < 4.78 is 1.19. The van der Waals surface area contributed by atoms with E-state index in [0.29, 0.717) is 6.42 Å². The molecule has 1 aliphatic rings. The number of rotatable bonds is 1. The highest BCUT2D eigenvalue weighted by Gasteiger charge is 2.29.